The summed E-state index contributed by atoms with van der Waals surface area (Å²) in [7, 11) is 0. The van der Waals surface area contributed by atoms with Crippen molar-refractivity contribution in [2.45, 2.75) is 20.3 Å². The topological polar surface area (TPSA) is 54.1 Å². The van der Waals surface area contributed by atoms with Crippen LogP contribution in [0.4, 0.5) is 4.79 Å². The van der Waals surface area contributed by atoms with Gasteiger partial charge in [-0.2, -0.15) is 4.99 Å². The molecule has 4 heteroatoms. The van der Waals surface area contributed by atoms with Gasteiger partial charge in [0.25, 0.3) is 0 Å². The van der Waals surface area contributed by atoms with E-state index in [0.29, 0.717) is 5.84 Å². The molecule has 0 N–H and O–H groups in total. The van der Waals surface area contributed by atoms with Crippen molar-refractivity contribution in [3.8, 4) is 0 Å². The van der Waals surface area contributed by atoms with Gasteiger partial charge in [-0.25, -0.2) is 4.79 Å². The van der Waals surface area contributed by atoms with Gasteiger partial charge in [-0.05, 0) is 6.42 Å². The van der Waals surface area contributed by atoms with Crippen LogP contribution in [0.1, 0.15) is 20.3 Å². The van der Waals surface area contributed by atoms with Crippen molar-refractivity contribution in [2.75, 3.05) is 0 Å². The van der Waals surface area contributed by atoms with E-state index in [0.717, 1.165) is 6.42 Å². The van der Waals surface area contributed by atoms with Crippen LogP contribution in [-0.4, -0.2) is 11.9 Å². The average Bonchev–Trinajstić information content (AvgIpc) is 2.34. The van der Waals surface area contributed by atoms with Gasteiger partial charge in [-0.1, -0.05) is 19.0 Å². The SMILES string of the molecule is CC[C@@H](C)C1=NC(=O)N=N1. The summed E-state index contributed by atoms with van der Waals surface area (Å²) in [6.07, 6.45) is 0.936. The lowest BCUT2D eigenvalue weighted by atomic mass is 10.1. The summed E-state index contributed by atoms with van der Waals surface area (Å²) in [5, 5.41) is 6.88. The van der Waals surface area contributed by atoms with E-state index in [-0.39, 0.29) is 5.92 Å². The number of hydrogen-bond donors (Lipinski definition) is 0. The molecule has 1 aliphatic rings. The number of nitrogens with zero attached hydrogens (tertiary/aromatic N) is 3. The lowest BCUT2D eigenvalue weighted by Crippen LogP contribution is -2.04. The summed E-state index contributed by atoms with van der Waals surface area (Å²) in [5.74, 6) is 0.808. The monoisotopic (exact) mass is 139 g/mol. The van der Waals surface area contributed by atoms with Crippen molar-refractivity contribution < 1.29 is 4.79 Å². The van der Waals surface area contributed by atoms with Crippen LogP contribution in [0.3, 0.4) is 0 Å². The first-order valence-electron chi connectivity index (χ1n) is 3.28. The van der Waals surface area contributed by atoms with Gasteiger partial charge in [-0.15, -0.1) is 5.11 Å². The molecule has 1 atom stereocenters. The number of amidine groups is 1. The molecule has 0 unspecified atom stereocenters. The Morgan fingerprint density at radius 2 is 2.20 bits per heavy atom. The maximum absolute atomic E-state index is 10.4. The Kier molecular flexibility index (Phi) is 1.89. The second-order valence-electron chi connectivity index (χ2n) is 2.26. The van der Waals surface area contributed by atoms with E-state index in [1.54, 1.807) is 0 Å². The van der Waals surface area contributed by atoms with Crippen molar-refractivity contribution in [2.24, 2.45) is 21.1 Å². The van der Waals surface area contributed by atoms with Gasteiger partial charge in [0, 0.05) is 5.92 Å². The van der Waals surface area contributed by atoms with E-state index < -0.39 is 6.03 Å². The summed E-state index contributed by atoms with van der Waals surface area (Å²) in [5.41, 5.74) is 0. The quantitative estimate of drug-likeness (QED) is 0.577. The fourth-order valence-electron chi connectivity index (χ4n) is 0.628. The van der Waals surface area contributed by atoms with Gasteiger partial charge in [0.1, 0.15) is 0 Å². The van der Waals surface area contributed by atoms with Crippen molar-refractivity contribution in [3.63, 3.8) is 0 Å². The van der Waals surface area contributed by atoms with E-state index in [1.807, 2.05) is 13.8 Å². The van der Waals surface area contributed by atoms with E-state index in [2.05, 4.69) is 15.2 Å². The summed E-state index contributed by atoms with van der Waals surface area (Å²) in [6, 6.07) is -0.477. The molecule has 1 rings (SSSR count). The predicted octanol–water partition coefficient (Wildman–Crippen LogP) is 2.02. The number of aliphatic imine (C=N–C) groups is 1. The third-order valence-electron chi connectivity index (χ3n) is 1.50. The molecule has 1 aliphatic heterocycles. The third-order valence-corrected chi connectivity index (χ3v) is 1.50. The van der Waals surface area contributed by atoms with Crippen molar-refractivity contribution in [1.82, 2.24) is 0 Å². The third kappa shape index (κ3) is 1.26. The fraction of sp³-hybridized carbons (Fsp3) is 0.667. The minimum absolute atomic E-state index is 0.246. The molecule has 0 aromatic carbocycles. The average molecular weight is 139 g/mol. The number of urea groups is 1. The van der Waals surface area contributed by atoms with Gasteiger partial charge >= 0.3 is 6.03 Å². The molecule has 0 fully saturated rings. The van der Waals surface area contributed by atoms with Crippen LogP contribution >= 0.6 is 0 Å². The molecule has 54 valence electrons. The van der Waals surface area contributed by atoms with Gasteiger partial charge in [0.15, 0.2) is 5.84 Å². The molecule has 0 bridgehead atoms. The number of rotatable bonds is 2. The highest BCUT2D eigenvalue weighted by molar-refractivity contribution is 5.99. The fourth-order valence-corrected chi connectivity index (χ4v) is 0.628. The highest BCUT2D eigenvalue weighted by atomic mass is 16.2. The lowest BCUT2D eigenvalue weighted by molar-refractivity contribution is 0.257. The number of carbonyl (C=O) groups is 1. The first-order chi connectivity index (χ1) is 4.74. The molecule has 0 saturated carbocycles. The van der Waals surface area contributed by atoms with Crippen LogP contribution in [0.15, 0.2) is 15.2 Å². The van der Waals surface area contributed by atoms with Gasteiger partial charge in [0.2, 0.25) is 0 Å². The number of carbonyl (C=O) groups excluding carboxylic acids is 1. The number of azo groups is 1. The zero-order chi connectivity index (χ0) is 7.56. The minimum Gasteiger partial charge on any atom is -0.242 e. The largest absolute Gasteiger partial charge is 0.387 e. The van der Waals surface area contributed by atoms with Crippen molar-refractivity contribution in [3.05, 3.63) is 0 Å². The zero-order valence-electron chi connectivity index (χ0n) is 6.03. The molecule has 1 heterocycles. The molecule has 0 radical (unpaired) electrons. The van der Waals surface area contributed by atoms with E-state index in [4.69, 9.17) is 0 Å². The minimum atomic E-state index is -0.477. The van der Waals surface area contributed by atoms with Crippen LogP contribution in [0.5, 0.6) is 0 Å². The van der Waals surface area contributed by atoms with Gasteiger partial charge < -0.3 is 0 Å². The molecule has 0 aliphatic carbocycles. The molecule has 0 aromatic rings. The molecular formula is C6H9N3O. The molecule has 0 aromatic heterocycles. The summed E-state index contributed by atoms with van der Waals surface area (Å²) in [4.78, 5) is 14.0. The number of amides is 2. The molecule has 10 heavy (non-hydrogen) atoms. The normalized spacial score (nSPS) is 19.4. The molecular weight excluding hydrogens is 130 g/mol. The Bertz CT molecular complexity index is 207. The standard InChI is InChI=1S/C6H9N3O/c1-3-4(2)5-7-6(10)9-8-5/h4H,3H2,1-2H3/t4-/m1/s1. The van der Waals surface area contributed by atoms with Crippen LogP contribution in [-0.2, 0) is 0 Å². The Labute approximate surface area is 59.1 Å². The second-order valence-corrected chi connectivity index (χ2v) is 2.26. The molecule has 2 amide bonds. The Morgan fingerprint density at radius 3 is 2.60 bits per heavy atom. The first-order valence-corrected chi connectivity index (χ1v) is 3.28. The molecule has 4 nitrogen and oxygen atoms in total. The number of hydrogen-bond acceptors (Lipinski definition) is 2. The zero-order valence-corrected chi connectivity index (χ0v) is 6.03. The smallest absolute Gasteiger partial charge is 0.242 e. The highest BCUT2D eigenvalue weighted by Gasteiger charge is 2.14. The molecule has 0 saturated heterocycles. The maximum Gasteiger partial charge on any atom is 0.387 e. The van der Waals surface area contributed by atoms with Gasteiger partial charge in [0.05, 0.1) is 0 Å². The maximum atomic E-state index is 10.4. The Balaban J connectivity index is 2.67. The second kappa shape index (κ2) is 2.68. The molecule has 0 spiro atoms. The summed E-state index contributed by atoms with van der Waals surface area (Å²) in [6.45, 7) is 3.99. The summed E-state index contributed by atoms with van der Waals surface area (Å²) >= 11 is 0. The Hall–Kier alpha value is -1.06. The highest BCUT2D eigenvalue weighted by Crippen LogP contribution is 2.10. The van der Waals surface area contributed by atoms with Crippen molar-refractivity contribution in [1.29, 1.82) is 0 Å². The van der Waals surface area contributed by atoms with E-state index in [1.165, 1.54) is 0 Å². The van der Waals surface area contributed by atoms with E-state index >= 15 is 0 Å². The van der Waals surface area contributed by atoms with Crippen LogP contribution < -0.4 is 0 Å². The predicted molar refractivity (Wildman–Crippen MR) is 37.1 cm³/mol. The first kappa shape index (κ1) is 7.05. The lowest BCUT2D eigenvalue weighted by Gasteiger charge is -2.00. The summed E-state index contributed by atoms with van der Waals surface area (Å²) < 4.78 is 0. The van der Waals surface area contributed by atoms with Gasteiger partial charge in [-0.3, -0.25) is 0 Å². The van der Waals surface area contributed by atoms with Crippen LogP contribution in [0.25, 0.3) is 0 Å². The van der Waals surface area contributed by atoms with Crippen LogP contribution in [0.2, 0.25) is 0 Å². The van der Waals surface area contributed by atoms with E-state index in [9.17, 15) is 4.79 Å². The van der Waals surface area contributed by atoms with Crippen molar-refractivity contribution >= 4 is 11.9 Å². The van der Waals surface area contributed by atoms with Crippen LogP contribution in [0, 0.1) is 5.92 Å². The Morgan fingerprint density at radius 1 is 1.50 bits per heavy atom.